The van der Waals surface area contributed by atoms with Gasteiger partial charge in [-0.1, -0.05) is 0 Å². The predicted molar refractivity (Wildman–Crippen MR) is 61.4 cm³/mol. The van der Waals surface area contributed by atoms with Gasteiger partial charge in [0.25, 0.3) is 0 Å². The van der Waals surface area contributed by atoms with E-state index in [0.717, 1.165) is 12.1 Å². The SMILES string of the molecule is Nc1ncnc2nc(-c3cc(F)c(F)c(F)c3)[nH]c12. The minimum Gasteiger partial charge on any atom is -0.382 e. The Hall–Kier alpha value is -2.64. The highest BCUT2D eigenvalue weighted by Crippen LogP contribution is 2.24. The van der Waals surface area contributed by atoms with Crippen LogP contribution in [0.3, 0.4) is 0 Å². The molecule has 2 aromatic heterocycles. The first kappa shape index (κ1) is 11.5. The zero-order chi connectivity index (χ0) is 13.6. The Bertz CT molecular complexity index is 760. The second-order valence-electron chi connectivity index (χ2n) is 3.80. The maximum absolute atomic E-state index is 13.2. The number of nitrogens with zero attached hydrogens (tertiary/aromatic N) is 3. The van der Waals surface area contributed by atoms with Gasteiger partial charge in [-0.05, 0) is 12.1 Å². The van der Waals surface area contributed by atoms with Crippen molar-refractivity contribution in [3.63, 3.8) is 0 Å². The van der Waals surface area contributed by atoms with Gasteiger partial charge in [0.15, 0.2) is 28.9 Å². The lowest BCUT2D eigenvalue weighted by Crippen LogP contribution is -1.93. The standard InChI is InChI=1S/C11H6F3N5/c12-5-1-4(2-6(13)7(5)14)10-18-8-9(15)16-3-17-11(8)19-10/h1-3H,(H3,15,16,17,18,19). The molecule has 0 radical (unpaired) electrons. The number of aromatic amines is 1. The van der Waals surface area contributed by atoms with Gasteiger partial charge in [0.2, 0.25) is 0 Å². The van der Waals surface area contributed by atoms with Crippen molar-refractivity contribution in [2.75, 3.05) is 5.73 Å². The molecule has 0 aliphatic rings. The number of hydrogen-bond donors (Lipinski definition) is 2. The summed E-state index contributed by atoms with van der Waals surface area (Å²) in [6.45, 7) is 0. The molecule has 96 valence electrons. The van der Waals surface area contributed by atoms with Crippen molar-refractivity contribution >= 4 is 17.0 Å². The molecule has 0 saturated carbocycles. The van der Waals surface area contributed by atoms with Gasteiger partial charge in [-0.25, -0.2) is 28.1 Å². The molecule has 0 aliphatic carbocycles. The fraction of sp³-hybridized carbons (Fsp3) is 0. The second kappa shape index (κ2) is 3.94. The monoisotopic (exact) mass is 265 g/mol. The number of fused-ring (bicyclic) bond motifs is 1. The molecule has 0 aliphatic heterocycles. The maximum Gasteiger partial charge on any atom is 0.194 e. The zero-order valence-corrected chi connectivity index (χ0v) is 9.28. The average molecular weight is 265 g/mol. The summed E-state index contributed by atoms with van der Waals surface area (Å²) < 4.78 is 39.2. The van der Waals surface area contributed by atoms with Crippen LogP contribution >= 0.6 is 0 Å². The van der Waals surface area contributed by atoms with E-state index in [4.69, 9.17) is 5.73 Å². The van der Waals surface area contributed by atoms with Crippen LogP contribution in [0, 0.1) is 17.5 Å². The van der Waals surface area contributed by atoms with Crippen molar-refractivity contribution in [2.45, 2.75) is 0 Å². The molecule has 8 heteroatoms. The Morgan fingerprint density at radius 3 is 2.37 bits per heavy atom. The second-order valence-corrected chi connectivity index (χ2v) is 3.80. The van der Waals surface area contributed by atoms with Crippen LogP contribution in [-0.4, -0.2) is 19.9 Å². The quantitative estimate of drug-likeness (QED) is 0.659. The Morgan fingerprint density at radius 1 is 1.05 bits per heavy atom. The van der Waals surface area contributed by atoms with Gasteiger partial charge in [0, 0.05) is 5.56 Å². The summed E-state index contributed by atoms with van der Waals surface area (Å²) in [6.07, 6.45) is 1.22. The first-order valence-corrected chi connectivity index (χ1v) is 5.17. The van der Waals surface area contributed by atoms with E-state index < -0.39 is 17.5 Å². The van der Waals surface area contributed by atoms with Crippen molar-refractivity contribution < 1.29 is 13.2 Å². The highest BCUT2D eigenvalue weighted by atomic mass is 19.2. The normalized spacial score (nSPS) is 11.1. The van der Waals surface area contributed by atoms with E-state index in [1.807, 2.05) is 0 Å². The number of nitrogens with one attached hydrogen (secondary N) is 1. The number of aromatic nitrogens is 4. The number of nitrogens with two attached hydrogens (primary N) is 1. The van der Waals surface area contributed by atoms with Gasteiger partial charge in [-0.15, -0.1) is 0 Å². The van der Waals surface area contributed by atoms with Gasteiger partial charge in [-0.3, -0.25) is 0 Å². The molecular formula is C11H6F3N5. The molecule has 2 heterocycles. The van der Waals surface area contributed by atoms with Crippen molar-refractivity contribution in [1.82, 2.24) is 19.9 Å². The number of anilines is 1. The number of imidazole rings is 1. The summed E-state index contributed by atoms with van der Waals surface area (Å²) in [5.74, 6) is -3.84. The molecule has 3 aromatic rings. The van der Waals surface area contributed by atoms with Crippen LogP contribution in [0.2, 0.25) is 0 Å². The van der Waals surface area contributed by atoms with E-state index in [1.165, 1.54) is 6.33 Å². The molecule has 0 amide bonds. The Balaban J connectivity index is 2.22. The molecule has 1 aromatic carbocycles. The molecule has 3 rings (SSSR count). The van der Waals surface area contributed by atoms with Gasteiger partial charge in [-0.2, -0.15) is 0 Å². The molecule has 3 N–H and O–H groups in total. The summed E-state index contributed by atoms with van der Waals surface area (Å²) in [4.78, 5) is 14.4. The lowest BCUT2D eigenvalue weighted by Gasteiger charge is -1.99. The summed E-state index contributed by atoms with van der Waals surface area (Å²) in [7, 11) is 0. The molecule has 0 atom stereocenters. The van der Waals surface area contributed by atoms with E-state index in [0.29, 0.717) is 5.52 Å². The van der Waals surface area contributed by atoms with Gasteiger partial charge in [0.05, 0.1) is 0 Å². The van der Waals surface area contributed by atoms with Crippen LogP contribution in [0.5, 0.6) is 0 Å². The van der Waals surface area contributed by atoms with Crippen molar-refractivity contribution in [2.24, 2.45) is 0 Å². The zero-order valence-electron chi connectivity index (χ0n) is 9.28. The summed E-state index contributed by atoms with van der Waals surface area (Å²) in [5.41, 5.74) is 6.26. The number of halogens is 3. The van der Waals surface area contributed by atoms with E-state index in [2.05, 4.69) is 19.9 Å². The minimum atomic E-state index is -1.53. The largest absolute Gasteiger partial charge is 0.382 e. The van der Waals surface area contributed by atoms with Crippen molar-refractivity contribution in [3.8, 4) is 11.4 Å². The molecule has 19 heavy (non-hydrogen) atoms. The summed E-state index contributed by atoms with van der Waals surface area (Å²) in [6, 6.07) is 1.67. The highest BCUT2D eigenvalue weighted by Gasteiger charge is 2.15. The van der Waals surface area contributed by atoms with Gasteiger partial charge >= 0.3 is 0 Å². The fourth-order valence-electron chi connectivity index (χ4n) is 1.68. The third kappa shape index (κ3) is 1.77. The minimum absolute atomic E-state index is 0.0498. The molecule has 0 bridgehead atoms. The van der Waals surface area contributed by atoms with Crippen molar-refractivity contribution in [3.05, 3.63) is 35.9 Å². The molecule has 0 fully saturated rings. The third-order valence-electron chi connectivity index (χ3n) is 2.57. The Morgan fingerprint density at radius 2 is 1.74 bits per heavy atom. The Kier molecular flexibility index (Phi) is 2.37. The van der Waals surface area contributed by atoms with E-state index >= 15 is 0 Å². The maximum atomic E-state index is 13.2. The Labute approximate surface area is 104 Å². The van der Waals surface area contributed by atoms with E-state index in [-0.39, 0.29) is 22.9 Å². The fourth-order valence-corrected chi connectivity index (χ4v) is 1.68. The number of rotatable bonds is 1. The van der Waals surface area contributed by atoms with Crippen LogP contribution < -0.4 is 5.73 Å². The number of benzene rings is 1. The van der Waals surface area contributed by atoms with Crippen LogP contribution in [-0.2, 0) is 0 Å². The lowest BCUT2D eigenvalue weighted by atomic mass is 10.2. The van der Waals surface area contributed by atoms with E-state index in [9.17, 15) is 13.2 Å². The molecular weight excluding hydrogens is 259 g/mol. The van der Waals surface area contributed by atoms with Gasteiger partial charge < -0.3 is 10.7 Å². The first-order chi connectivity index (χ1) is 9.06. The van der Waals surface area contributed by atoms with Crippen LogP contribution in [0.1, 0.15) is 0 Å². The van der Waals surface area contributed by atoms with Crippen LogP contribution in [0.25, 0.3) is 22.6 Å². The molecule has 0 spiro atoms. The number of H-pyrrole nitrogens is 1. The third-order valence-corrected chi connectivity index (χ3v) is 2.57. The molecule has 0 unspecified atom stereocenters. The predicted octanol–water partition coefficient (Wildman–Crippen LogP) is 2.02. The smallest absolute Gasteiger partial charge is 0.194 e. The topological polar surface area (TPSA) is 80.5 Å². The number of nitrogen functional groups attached to an aromatic ring is 1. The summed E-state index contributed by atoms with van der Waals surface area (Å²) >= 11 is 0. The van der Waals surface area contributed by atoms with Gasteiger partial charge in [0.1, 0.15) is 17.7 Å². The van der Waals surface area contributed by atoms with E-state index in [1.54, 1.807) is 0 Å². The first-order valence-electron chi connectivity index (χ1n) is 5.17. The molecule has 5 nitrogen and oxygen atoms in total. The average Bonchev–Trinajstić information content (AvgIpc) is 2.81. The van der Waals surface area contributed by atoms with Crippen LogP contribution in [0.15, 0.2) is 18.5 Å². The summed E-state index contributed by atoms with van der Waals surface area (Å²) in [5, 5.41) is 0. The number of hydrogen-bond acceptors (Lipinski definition) is 4. The van der Waals surface area contributed by atoms with Crippen LogP contribution in [0.4, 0.5) is 19.0 Å². The highest BCUT2D eigenvalue weighted by molar-refractivity contribution is 5.84. The lowest BCUT2D eigenvalue weighted by molar-refractivity contribution is 0.447. The molecule has 0 saturated heterocycles. The van der Waals surface area contributed by atoms with Crippen molar-refractivity contribution in [1.29, 1.82) is 0 Å².